The Balaban J connectivity index is 3.07. The predicted octanol–water partition coefficient (Wildman–Crippen LogP) is -0.549. The van der Waals surface area contributed by atoms with Crippen molar-refractivity contribution in [3.8, 4) is 5.88 Å². The first-order valence-corrected chi connectivity index (χ1v) is 3.33. The average molecular weight is 168 g/mol. The number of methoxy groups -OCH3 is 1. The lowest BCUT2D eigenvalue weighted by Crippen LogP contribution is -2.22. The molecule has 0 aliphatic heterocycles. The monoisotopic (exact) mass is 168 g/mol. The quantitative estimate of drug-likeness (QED) is 0.568. The number of aldehydes is 1. The molecule has 1 heterocycles. The fraction of sp³-hybridized carbons (Fsp3) is 0.286. The summed E-state index contributed by atoms with van der Waals surface area (Å²) in [6, 6.07) is 2.75. The van der Waals surface area contributed by atoms with E-state index in [4.69, 9.17) is 4.74 Å². The standard InChI is InChI=1S/C7H8N2O3/c1-12-6-2-3-7(11)9(8-6)4-5-10/h2-3,5H,4H2,1H3. The van der Waals surface area contributed by atoms with Crippen molar-refractivity contribution >= 4 is 6.29 Å². The zero-order valence-electron chi connectivity index (χ0n) is 6.56. The van der Waals surface area contributed by atoms with Gasteiger partial charge in [0.1, 0.15) is 12.8 Å². The number of carbonyl (C=O) groups is 1. The first-order chi connectivity index (χ1) is 5.77. The van der Waals surface area contributed by atoms with Gasteiger partial charge in [0, 0.05) is 12.1 Å². The van der Waals surface area contributed by atoms with E-state index in [1.165, 1.54) is 19.2 Å². The van der Waals surface area contributed by atoms with E-state index in [1.807, 2.05) is 0 Å². The van der Waals surface area contributed by atoms with Gasteiger partial charge < -0.3 is 9.53 Å². The Kier molecular flexibility index (Phi) is 2.57. The van der Waals surface area contributed by atoms with Crippen LogP contribution in [-0.4, -0.2) is 23.2 Å². The molecule has 0 aliphatic rings. The Morgan fingerprint density at radius 1 is 1.67 bits per heavy atom. The van der Waals surface area contributed by atoms with Crippen molar-refractivity contribution in [3.63, 3.8) is 0 Å². The Labute approximate surface area is 68.6 Å². The molecule has 0 radical (unpaired) electrons. The van der Waals surface area contributed by atoms with E-state index < -0.39 is 0 Å². The summed E-state index contributed by atoms with van der Waals surface area (Å²) < 4.78 is 5.80. The minimum atomic E-state index is -0.317. The summed E-state index contributed by atoms with van der Waals surface area (Å²) >= 11 is 0. The fourth-order valence-electron chi connectivity index (χ4n) is 0.740. The van der Waals surface area contributed by atoms with Crippen LogP contribution in [0.25, 0.3) is 0 Å². The first-order valence-electron chi connectivity index (χ1n) is 3.33. The van der Waals surface area contributed by atoms with Gasteiger partial charge in [-0.05, 0) is 0 Å². The van der Waals surface area contributed by atoms with Gasteiger partial charge >= 0.3 is 0 Å². The van der Waals surface area contributed by atoms with Crippen LogP contribution in [0, 0.1) is 0 Å². The van der Waals surface area contributed by atoms with Crippen LogP contribution in [0.3, 0.4) is 0 Å². The van der Waals surface area contributed by atoms with E-state index in [0.717, 1.165) is 4.68 Å². The number of hydrogen-bond acceptors (Lipinski definition) is 4. The summed E-state index contributed by atoms with van der Waals surface area (Å²) in [4.78, 5) is 21.0. The lowest BCUT2D eigenvalue weighted by Gasteiger charge is -2.00. The first kappa shape index (κ1) is 8.45. The maximum atomic E-state index is 11.0. The van der Waals surface area contributed by atoms with Crippen molar-refractivity contribution in [2.45, 2.75) is 6.54 Å². The number of hydrogen-bond donors (Lipinski definition) is 0. The Hall–Kier alpha value is -1.65. The molecule has 0 atom stereocenters. The van der Waals surface area contributed by atoms with Crippen LogP contribution in [0.2, 0.25) is 0 Å². The Morgan fingerprint density at radius 3 is 3.00 bits per heavy atom. The van der Waals surface area contributed by atoms with E-state index in [9.17, 15) is 9.59 Å². The van der Waals surface area contributed by atoms with Gasteiger partial charge in [0.15, 0.2) is 0 Å². The van der Waals surface area contributed by atoms with E-state index in [0.29, 0.717) is 12.2 Å². The average Bonchev–Trinajstić information content (AvgIpc) is 2.09. The number of carbonyl (C=O) groups excluding carboxylic acids is 1. The highest BCUT2D eigenvalue weighted by atomic mass is 16.5. The van der Waals surface area contributed by atoms with E-state index in [-0.39, 0.29) is 12.1 Å². The SMILES string of the molecule is COc1ccc(=O)n(CC=O)n1. The molecule has 0 aliphatic carbocycles. The van der Waals surface area contributed by atoms with Crippen LogP contribution in [-0.2, 0) is 11.3 Å². The van der Waals surface area contributed by atoms with Gasteiger partial charge in [-0.25, -0.2) is 4.68 Å². The lowest BCUT2D eigenvalue weighted by atomic mass is 10.5. The summed E-state index contributed by atoms with van der Waals surface area (Å²) in [5.74, 6) is 0.316. The third-order valence-electron chi connectivity index (χ3n) is 1.30. The predicted molar refractivity (Wildman–Crippen MR) is 41.1 cm³/mol. The highest BCUT2D eigenvalue weighted by Gasteiger charge is 1.97. The minimum Gasteiger partial charge on any atom is -0.480 e. The molecule has 0 bridgehead atoms. The van der Waals surface area contributed by atoms with Gasteiger partial charge in [-0.3, -0.25) is 4.79 Å². The maximum Gasteiger partial charge on any atom is 0.267 e. The molecule has 12 heavy (non-hydrogen) atoms. The van der Waals surface area contributed by atoms with Gasteiger partial charge in [-0.1, -0.05) is 0 Å². The van der Waals surface area contributed by atoms with Crippen LogP contribution in [0.4, 0.5) is 0 Å². The molecule has 0 amide bonds. The largest absolute Gasteiger partial charge is 0.480 e. The van der Waals surface area contributed by atoms with Gasteiger partial charge in [0.05, 0.1) is 7.11 Å². The summed E-state index contributed by atoms with van der Waals surface area (Å²) in [7, 11) is 1.44. The molecule has 5 heteroatoms. The normalized spacial score (nSPS) is 9.42. The van der Waals surface area contributed by atoms with Crippen LogP contribution in [0.15, 0.2) is 16.9 Å². The second-order valence-corrected chi connectivity index (χ2v) is 2.06. The number of nitrogens with zero attached hydrogens (tertiary/aromatic N) is 2. The van der Waals surface area contributed by atoms with Gasteiger partial charge in [0.2, 0.25) is 5.88 Å². The molecular formula is C7H8N2O3. The number of aromatic nitrogens is 2. The number of rotatable bonds is 3. The molecule has 1 aromatic rings. The third kappa shape index (κ3) is 1.69. The number of ether oxygens (including phenoxy) is 1. The zero-order chi connectivity index (χ0) is 8.97. The van der Waals surface area contributed by atoms with Crippen molar-refractivity contribution in [3.05, 3.63) is 22.5 Å². The maximum absolute atomic E-state index is 11.0. The molecule has 64 valence electrons. The van der Waals surface area contributed by atoms with Gasteiger partial charge in [-0.2, -0.15) is 0 Å². The molecule has 0 aromatic carbocycles. The Bertz CT molecular complexity index is 332. The molecule has 0 spiro atoms. The second-order valence-electron chi connectivity index (χ2n) is 2.06. The summed E-state index contributed by atoms with van der Waals surface area (Å²) in [6.07, 6.45) is 0.605. The molecule has 1 aromatic heterocycles. The highest BCUT2D eigenvalue weighted by molar-refractivity contribution is 5.48. The summed E-state index contributed by atoms with van der Waals surface area (Å²) in [6.45, 7) is -0.0456. The molecule has 0 unspecified atom stereocenters. The van der Waals surface area contributed by atoms with Gasteiger partial charge in [-0.15, -0.1) is 5.10 Å². The molecular weight excluding hydrogens is 160 g/mol. The van der Waals surface area contributed by atoms with E-state index >= 15 is 0 Å². The second kappa shape index (κ2) is 3.66. The topological polar surface area (TPSA) is 61.2 Å². The van der Waals surface area contributed by atoms with Crippen LogP contribution in [0.5, 0.6) is 5.88 Å². The Morgan fingerprint density at radius 2 is 2.42 bits per heavy atom. The van der Waals surface area contributed by atoms with Crippen molar-refractivity contribution < 1.29 is 9.53 Å². The third-order valence-corrected chi connectivity index (χ3v) is 1.30. The fourth-order valence-corrected chi connectivity index (χ4v) is 0.740. The van der Waals surface area contributed by atoms with E-state index in [2.05, 4.69) is 5.10 Å². The smallest absolute Gasteiger partial charge is 0.267 e. The molecule has 0 saturated heterocycles. The lowest BCUT2D eigenvalue weighted by molar-refractivity contribution is -0.108. The summed E-state index contributed by atoms with van der Waals surface area (Å²) in [5, 5.41) is 3.73. The molecule has 1 rings (SSSR count). The molecule has 0 N–H and O–H groups in total. The van der Waals surface area contributed by atoms with Gasteiger partial charge in [0.25, 0.3) is 5.56 Å². The highest BCUT2D eigenvalue weighted by Crippen LogP contribution is 1.98. The zero-order valence-corrected chi connectivity index (χ0v) is 6.56. The van der Waals surface area contributed by atoms with Crippen molar-refractivity contribution in [2.24, 2.45) is 0 Å². The summed E-state index contributed by atoms with van der Waals surface area (Å²) in [5.41, 5.74) is -0.317. The molecule has 0 fully saturated rings. The van der Waals surface area contributed by atoms with Crippen LogP contribution in [0.1, 0.15) is 0 Å². The van der Waals surface area contributed by atoms with Crippen LogP contribution >= 0.6 is 0 Å². The van der Waals surface area contributed by atoms with Crippen molar-refractivity contribution in [1.82, 2.24) is 9.78 Å². The van der Waals surface area contributed by atoms with E-state index in [1.54, 1.807) is 0 Å². The van der Waals surface area contributed by atoms with Crippen LogP contribution < -0.4 is 10.3 Å². The van der Waals surface area contributed by atoms with Crippen molar-refractivity contribution in [1.29, 1.82) is 0 Å². The minimum absolute atomic E-state index is 0.0456. The molecule has 5 nitrogen and oxygen atoms in total. The van der Waals surface area contributed by atoms with Crippen molar-refractivity contribution in [2.75, 3.05) is 7.11 Å². The molecule has 0 saturated carbocycles.